The Kier molecular flexibility index (Phi) is 4.71. The van der Waals surface area contributed by atoms with Crippen molar-refractivity contribution in [2.45, 2.75) is 32.6 Å². The number of rotatable bonds is 6. The van der Waals surface area contributed by atoms with E-state index in [1.165, 1.54) is 11.1 Å². The molecule has 0 saturated carbocycles. The Balaban J connectivity index is 1.51. The fourth-order valence-corrected chi connectivity index (χ4v) is 3.20. The van der Waals surface area contributed by atoms with Crippen molar-refractivity contribution in [2.24, 2.45) is 0 Å². The molecule has 0 saturated heterocycles. The van der Waals surface area contributed by atoms with Gasteiger partial charge in [0.25, 0.3) is 0 Å². The molecule has 0 aliphatic heterocycles. The number of hydrogen-bond donors (Lipinski definition) is 0. The first-order valence-electron chi connectivity index (χ1n) is 9.05. The Labute approximate surface area is 158 Å². The number of methoxy groups -OCH3 is 1. The van der Waals surface area contributed by atoms with E-state index in [2.05, 4.69) is 15.0 Å². The molecular formula is C21H21N3O3. The zero-order valence-corrected chi connectivity index (χ0v) is 15.5. The van der Waals surface area contributed by atoms with E-state index in [0.717, 1.165) is 41.8 Å². The quantitative estimate of drug-likeness (QED) is 0.781. The van der Waals surface area contributed by atoms with Crippen molar-refractivity contribution in [2.75, 3.05) is 13.7 Å². The molecule has 0 N–H and O–H groups in total. The third kappa shape index (κ3) is 3.89. The molecule has 0 atom stereocenters. The van der Waals surface area contributed by atoms with Crippen molar-refractivity contribution in [1.82, 2.24) is 15.0 Å². The molecule has 0 bridgehead atoms. The zero-order chi connectivity index (χ0) is 18.8. The molecule has 138 valence electrons. The monoisotopic (exact) mass is 363 g/mol. The zero-order valence-electron chi connectivity index (χ0n) is 15.5. The third-order valence-corrected chi connectivity index (χ3v) is 4.78. The molecule has 0 amide bonds. The highest BCUT2D eigenvalue weighted by Gasteiger charge is 2.25. The SMILES string of the molecule is COc1ccc(C2=C(COc3nc(C)ncc3C3=CC(=O)CCC3)C2)nc1. The van der Waals surface area contributed by atoms with E-state index in [9.17, 15) is 4.79 Å². The third-order valence-electron chi connectivity index (χ3n) is 4.78. The highest BCUT2D eigenvalue weighted by atomic mass is 16.5. The number of hydrogen-bond acceptors (Lipinski definition) is 6. The van der Waals surface area contributed by atoms with E-state index in [1.54, 1.807) is 25.6 Å². The van der Waals surface area contributed by atoms with Crippen LogP contribution in [0.2, 0.25) is 0 Å². The molecule has 0 unspecified atom stereocenters. The van der Waals surface area contributed by atoms with Crippen LogP contribution in [0, 0.1) is 6.92 Å². The van der Waals surface area contributed by atoms with E-state index in [0.29, 0.717) is 24.7 Å². The van der Waals surface area contributed by atoms with Crippen LogP contribution in [-0.4, -0.2) is 34.5 Å². The summed E-state index contributed by atoms with van der Waals surface area (Å²) in [7, 11) is 1.63. The highest BCUT2D eigenvalue weighted by Crippen LogP contribution is 2.40. The largest absolute Gasteiger partial charge is 0.495 e. The minimum absolute atomic E-state index is 0.153. The first-order chi connectivity index (χ1) is 13.1. The smallest absolute Gasteiger partial charge is 0.224 e. The minimum Gasteiger partial charge on any atom is -0.495 e. The van der Waals surface area contributed by atoms with Crippen LogP contribution in [-0.2, 0) is 4.79 Å². The summed E-state index contributed by atoms with van der Waals surface area (Å²) in [5.74, 6) is 2.10. The van der Waals surface area contributed by atoms with Crippen LogP contribution in [0.5, 0.6) is 11.6 Å². The molecule has 27 heavy (non-hydrogen) atoms. The van der Waals surface area contributed by atoms with E-state index >= 15 is 0 Å². The van der Waals surface area contributed by atoms with Crippen molar-refractivity contribution in [1.29, 1.82) is 0 Å². The van der Waals surface area contributed by atoms with Crippen LogP contribution < -0.4 is 9.47 Å². The Bertz CT molecular complexity index is 946. The Morgan fingerprint density at radius 2 is 2.04 bits per heavy atom. The predicted octanol–water partition coefficient (Wildman–Crippen LogP) is 3.56. The summed E-state index contributed by atoms with van der Waals surface area (Å²) in [6.45, 7) is 2.30. The van der Waals surface area contributed by atoms with Gasteiger partial charge in [-0.25, -0.2) is 4.98 Å². The summed E-state index contributed by atoms with van der Waals surface area (Å²) >= 11 is 0. The van der Waals surface area contributed by atoms with E-state index < -0.39 is 0 Å². The second-order valence-corrected chi connectivity index (χ2v) is 6.76. The molecule has 0 fully saturated rings. The van der Waals surface area contributed by atoms with Gasteiger partial charge < -0.3 is 9.47 Å². The first kappa shape index (κ1) is 17.4. The molecule has 6 nitrogen and oxygen atoms in total. The lowest BCUT2D eigenvalue weighted by atomic mass is 9.94. The van der Waals surface area contributed by atoms with Crippen LogP contribution in [0.15, 0.2) is 36.2 Å². The maximum atomic E-state index is 11.8. The van der Waals surface area contributed by atoms with Crippen molar-refractivity contribution in [3.8, 4) is 11.6 Å². The topological polar surface area (TPSA) is 74.2 Å². The van der Waals surface area contributed by atoms with Gasteiger partial charge in [0, 0.05) is 12.6 Å². The van der Waals surface area contributed by atoms with Gasteiger partial charge in [-0.2, -0.15) is 4.98 Å². The van der Waals surface area contributed by atoms with Gasteiger partial charge in [-0.1, -0.05) is 0 Å². The van der Waals surface area contributed by atoms with Crippen LogP contribution in [0.3, 0.4) is 0 Å². The van der Waals surface area contributed by atoms with Crippen molar-refractivity contribution >= 4 is 16.9 Å². The van der Waals surface area contributed by atoms with Crippen LogP contribution in [0.1, 0.15) is 42.8 Å². The van der Waals surface area contributed by atoms with Gasteiger partial charge in [-0.3, -0.25) is 9.78 Å². The van der Waals surface area contributed by atoms with Crippen LogP contribution in [0.25, 0.3) is 11.1 Å². The average Bonchev–Trinajstić information content (AvgIpc) is 3.46. The van der Waals surface area contributed by atoms with Crippen LogP contribution in [0.4, 0.5) is 0 Å². The summed E-state index contributed by atoms with van der Waals surface area (Å²) in [5.41, 5.74) is 5.15. The molecule has 2 aromatic rings. The molecular weight excluding hydrogens is 342 g/mol. The number of aromatic nitrogens is 3. The Morgan fingerprint density at radius 1 is 1.15 bits per heavy atom. The van der Waals surface area contributed by atoms with Gasteiger partial charge in [0.1, 0.15) is 18.2 Å². The van der Waals surface area contributed by atoms with Gasteiger partial charge in [-0.15, -0.1) is 0 Å². The lowest BCUT2D eigenvalue weighted by molar-refractivity contribution is -0.114. The van der Waals surface area contributed by atoms with E-state index in [-0.39, 0.29) is 5.78 Å². The normalized spacial score (nSPS) is 16.2. The standard InChI is InChI=1S/C21H21N3O3/c1-13-22-11-19(14-4-3-5-16(25)8-14)21(24-13)27-12-15-9-18(15)20-7-6-17(26-2)10-23-20/h6-8,10-11H,3-5,9,12H2,1-2H3. The summed E-state index contributed by atoms with van der Waals surface area (Å²) in [5, 5.41) is 0. The average molecular weight is 363 g/mol. The van der Waals surface area contributed by atoms with Gasteiger partial charge in [0.15, 0.2) is 5.78 Å². The van der Waals surface area contributed by atoms with Gasteiger partial charge >= 0.3 is 0 Å². The van der Waals surface area contributed by atoms with E-state index in [1.807, 2.05) is 19.1 Å². The highest BCUT2D eigenvalue weighted by molar-refractivity contribution is 5.98. The summed E-state index contributed by atoms with van der Waals surface area (Å²) < 4.78 is 11.2. The molecule has 0 radical (unpaired) electrons. The second-order valence-electron chi connectivity index (χ2n) is 6.76. The fourth-order valence-electron chi connectivity index (χ4n) is 3.20. The first-order valence-corrected chi connectivity index (χ1v) is 9.05. The number of pyridine rings is 1. The molecule has 2 aromatic heterocycles. The molecule has 0 spiro atoms. The number of allylic oxidation sites excluding steroid dienone is 3. The predicted molar refractivity (Wildman–Crippen MR) is 101 cm³/mol. The van der Waals surface area contributed by atoms with E-state index in [4.69, 9.17) is 9.47 Å². The summed E-state index contributed by atoms with van der Waals surface area (Å²) in [4.78, 5) is 24.9. The fraction of sp³-hybridized carbons (Fsp3) is 0.333. The maximum absolute atomic E-state index is 11.8. The Morgan fingerprint density at radius 3 is 2.78 bits per heavy atom. The number of ketones is 1. The number of carbonyl (C=O) groups is 1. The number of aryl methyl sites for hydroxylation is 1. The molecule has 2 aliphatic carbocycles. The molecule has 2 heterocycles. The second kappa shape index (κ2) is 7.31. The number of carbonyl (C=O) groups excluding carboxylic acids is 1. The van der Waals surface area contributed by atoms with Gasteiger partial charge in [-0.05, 0) is 61.1 Å². The molecule has 4 rings (SSSR count). The van der Waals surface area contributed by atoms with Gasteiger partial charge in [0.2, 0.25) is 5.88 Å². The van der Waals surface area contributed by atoms with Gasteiger partial charge in [0.05, 0.1) is 24.6 Å². The van der Waals surface area contributed by atoms with Crippen molar-refractivity contribution in [3.05, 3.63) is 53.3 Å². The number of nitrogens with zero attached hydrogens (tertiary/aromatic N) is 3. The molecule has 0 aromatic carbocycles. The molecule has 6 heteroatoms. The Hall–Kier alpha value is -3.02. The lowest BCUT2D eigenvalue weighted by Crippen LogP contribution is -2.07. The summed E-state index contributed by atoms with van der Waals surface area (Å²) in [6, 6.07) is 3.87. The summed E-state index contributed by atoms with van der Waals surface area (Å²) in [6.07, 6.45) is 8.38. The van der Waals surface area contributed by atoms with Crippen LogP contribution >= 0.6 is 0 Å². The van der Waals surface area contributed by atoms with Crippen molar-refractivity contribution in [3.63, 3.8) is 0 Å². The minimum atomic E-state index is 0.153. The maximum Gasteiger partial charge on any atom is 0.224 e. The lowest BCUT2D eigenvalue weighted by Gasteiger charge is -2.15. The molecule has 2 aliphatic rings. The number of ether oxygens (including phenoxy) is 2. The van der Waals surface area contributed by atoms with Crippen molar-refractivity contribution < 1.29 is 14.3 Å².